The molecule has 1 aromatic heterocycles. The summed E-state index contributed by atoms with van der Waals surface area (Å²) >= 11 is 0. The number of rotatable bonds is 7. The Hall–Kier alpha value is -4.33. The first-order valence-corrected chi connectivity index (χ1v) is 12.9. The quantitative estimate of drug-likeness (QED) is 0.138. The Labute approximate surface area is 244 Å². The van der Waals surface area contributed by atoms with E-state index in [-0.39, 0.29) is 28.2 Å². The molecule has 2 fully saturated rings. The van der Waals surface area contributed by atoms with Crippen molar-refractivity contribution in [3.05, 3.63) is 52.7 Å². The molecular formula is C27H26O17. The van der Waals surface area contributed by atoms with E-state index in [1.54, 1.807) is 0 Å². The Balaban J connectivity index is 1.50. The van der Waals surface area contributed by atoms with Crippen LogP contribution in [-0.4, -0.2) is 119 Å². The van der Waals surface area contributed by atoms with E-state index in [9.17, 15) is 60.3 Å². The second-order valence-electron chi connectivity index (χ2n) is 10.0. The van der Waals surface area contributed by atoms with Crippen molar-refractivity contribution in [1.82, 2.24) is 0 Å². The molecule has 2 saturated heterocycles. The van der Waals surface area contributed by atoms with Gasteiger partial charge in [0.2, 0.25) is 6.29 Å². The number of hydrogen-bond acceptors (Lipinski definition) is 15. The smallest absolute Gasteiger partial charge is 0.335 e. The van der Waals surface area contributed by atoms with Crippen molar-refractivity contribution in [1.29, 1.82) is 0 Å². The SMILES string of the molecule is O=C(O)[C@H]1O[C@@H](OC2[C@H](Oc3cc(O)c4c(=O)cc(-c5ccc(O)cc5)oc4c3)O[C@H](C(=O)O)[C@@H](O)[C@@H]2O)[C@H](O)[C@@H](O)[C@H]1O. The van der Waals surface area contributed by atoms with Crippen LogP contribution in [0.15, 0.2) is 51.7 Å². The number of fused-ring (bicyclic) bond motifs is 1. The largest absolute Gasteiger partial charge is 0.508 e. The number of carbonyl (C=O) groups is 2. The van der Waals surface area contributed by atoms with Gasteiger partial charge in [0.15, 0.2) is 30.0 Å². The van der Waals surface area contributed by atoms with Gasteiger partial charge in [-0.05, 0) is 24.3 Å². The fraction of sp³-hybridized carbons (Fsp3) is 0.370. The van der Waals surface area contributed by atoms with E-state index in [0.29, 0.717) is 5.56 Å². The molecule has 17 nitrogen and oxygen atoms in total. The number of aliphatic hydroxyl groups excluding tert-OH is 5. The molecule has 9 N–H and O–H groups in total. The third-order valence-corrected chi connectivity index (χ3v) is 7.08. The van der Waals surface area contributed by atoms with E-state index in [1.165, 1.54) is 24.3 Å². The van der Waals surface area contributed by atoms with Crippen molar-refractivity contribution in [3.8, 4) is 28.6 Å². The van der Waals surface area contributed by atoms with Crippen LogP contribution in [0.2, 0.25) is 0 Å². The number of aliphatic hydroxyl groups is 5. The first-order chi connectivity index (χ1) is 20.8. The van der Waals surface area contributed by atoms with Crippen LogP contribution in [0, 0.1) is 0 Å². The number of carboxylic acid groups (broad SMARTS) is 2. The highest BCUT2D eigenvalue weighted by atomic mass is 16.8. The molecule has 44 heavy (non-hydrogen) atoms. The maximum absolute atomic E-state index is 12.8. The van der Waals surface area contributed by atoms with Gasteiger partial charge in [-0.3, -0.25) is 4.79 Å². The average molecular weight is 622 g/mol. The predicted molar refractivity (Wildman–Crippen MR) is 139 cm³/mol. The van der Waals surface area contributed by atoms with Gasteiger partial charge in [0.25, 0.3) is 0 Å². The standard InChI is InChI=1S/C27H26O17/c28-9-3-1-8(2-4-9)13-7-12(30)15-11(29)5-10(6-14(15)41-13)40-27-23(19(34)18(33)22(43-27)25(38)39)44-26-20(35)16(31)17(32)21(42-26)24(36)37/h1-7,16-23,26-29,31-35H,(H,36,37)(H,38,39)/t16-,17+,18-,19-,20+,21-,22-,23?,26-,27+/m0/s1. The minimum Gasteiger partial charge on any atom is -0.508 e. The number of hydrogen-bond donors (Lipinski definition) is 9. The Morgan fingerprint density at radius 3 is 1.93 bits per heavy atom. The van der Waals surface area contributed by atoms with Gasteiger partial charge in [-0.1, -0.05) is 0 Å². The lowest BCUT2D eigenvalue weighted by molar-refractivity contribution is -0.350. The normalized spacial score (nSPS) is 32.3. The second kappa shape index (κ2) is 12.0. The van der Waals surface area contributed by atoms with Crippen LogP contribution >= 0.6 is 0 Å². The van der Waals surface area contributed by atoms with Crippen molar-refractivity contribution < 1.29 is 78.9 Å². The van der Waals surface area contributed by atoms with E-state index in [4.69, 9.17) is 23.4 Å². The summed E-state index contributed by atoms with van der Waals surface area (Å²) in [6.45, 7) is 0. The summed E-state index contributed by atoms with van der Waals surface area (Å²) in [5, 5.41) is 90.3. The molecular weight excluding hydrogens is 596 g/mol. The van der Waals surface area contributed by atoms with Crippen molar-refractivity contribution >= 4 is 22.9 Å². The molecule has 1 unspecified atom stereocenters. The first-order valence-electron chi connectivity index (χ1n) is 12.9. The van der Waals surface area contributed by atoms with Crippen LogP contribution in [0.5, 0.6) is 17.2 Å². The predicted octanol–water partition coefficient (Wildman–Crippen LogP) is -1.94. The molecule has 0 saturated carbocycles. The Kier molecular flexibility index (Phi) is 8.47. The molecule has 2 aliphatic rings. The Morgan fingerprint density at radius 1 is 0.727 bits per heavy atom. The van der Waals surface area contributed by atoms with Gasteiger partial charge >= 0.3 is 11.9 Å². The van der Waals surface area contributed by atoms with Crippen molar-refractivity contribution in [2.75, 3.05) is 0 Å². The minimum absolute atomic E-state index is 0.0378. The summed E-state index contributed by atoms with van der Waals surface area (Å²) < 4.78 is 27.2. The molecule has 0 spiro atoms. The zero-order chi connectivity index (χ0) is 32.0. The number of carboxylic acids is 2. The monoisotopic (exact) mass is 622 g/mol. The molecule has 0 bridgehead atoms. The molecule has 0 radical (unpaired) electrons. The summed E-state index contributed by atoms with van der Waals surface area (Å²) in [5.41, 5.74) is -0.488. The van der Waals surface area contributed by atoms with Gasteiger partial charge < -0.3 is 69.3 Å². The summed E-state index contributed by atoms with van der Waals surface area (Å²) in [5.74, 6) is -4.45. The third-order valence-electron chi connectivity index (χ3n) is 7.08. The maximum atomic E-state index is 12.8. The topological polar surface area (TPSA) is 283 Å². The van der Waals surface area contributed by atoms with Crippen LogP contribution < -0.4 is 10.2 Å². The van der Waals surface area contributed by atoms with Crippen molar-refractivity contribution in [2.24, 2.45) is 0 Å². The van der Waals surface area contributed by atoms with E-state index < -0.39 is 84.5 Å². The second-order valence-corrected chi connectivity index (χ2v) is 10.0. The molecule has 10 atom stereocenters. The molecule has 2 aromatic carbocycles. The van der Waals surface area contributed by atoms with Gasteiger partial charge in [-0.2, -0.15) is 0 Å². The summed E-state index contributed by atoms with van der Waals surface area (Å²) in [7, 11) is 0. The lowest BCUT2D eigenvalue weighted by Crippen LogP contribution is -2.66. The Bertz CT molecular complexity index is 1600. The molecule has 0 aliphatic carbocycles. The molecule has 17 heteroatoms. The molecule has 3 aromatic rings. The Morgan fingerprint density at radius 2 is 1.32 bits per heavy atom. The van der Waals surface area contributed by atoms with E-state index in [0.717, 1.165) is 18.2 Å². The maximum Gasteiger partial charge on any atom is 0.335 e. The number of aliphatic carboxylic acids is 2. The summed E-state index contributed by atoms with van der Waals surface area (Å²) in [6.07, 6.45) is -20.8. The molecule has 3 heterocycles. The van der Waals surface area contributed by atoms with E-state index in [1.807, 2.05) is 0 Å². The van der Waals surface area contributed by atoms with Crippen LogP contribution in [0.4, 0.5) is 0 Å². The molecule has 236 valence electrons. The molecule has 2 aliphatic heterocycles. The average Bonchev–Trinajstić information content (AvgIpc) is 2.96. The van der Waals surface area contributed by atoms with Gasteiger partial charge in [0.1, 0.15) is 64.5 Å². The highest BCUT2D eigenvalue weighted by Gasteiger charge is 2.54. The highest BCUT2D eigenvalue weighted by molar-refractivity contribution is 5.86. The van der Waals surface area contributed by atoms with Crippen LogP contribution in [0.3, 0.4) is 0 Å². The highest BCUT2D eigenvalue weighted by Crippen LogP contribution is 2.35. The minimum atomic E-state index is -2.15. The van der Waals surface area contributed by atoms with Crippen molar-refractivity contribution in [2.45, 2.75) is 61.4 Å². The lowest BCUT2D eigenvalue weighted by Gasteiger charge is -2.44. The van der Waals surface area contributed by atoms with Gasteiger partial charge in [0.05, 0.1) is 0 Å². The van der Waals surface area contributed by atoms with Crippen LogP contribution in [0.25, 0.3) is 22.3 Å². The summed E-state index contributed by atoms with van der Waals surface area (Å²) in [6, 6.07) is 8.76. The number of aromatic hydroxyl groups is 2. The van der Waals surface area contributed by atoms with Gasteiger partial charge in [0, 0.05) is 23.8 Å². The fourth-order valence-corrected chi connectivity index (χ4v) is 4.81. The number of benzene rings is 2. The van der Waals surface area contributed by atoms with E-state index in [2.05, 4.69) is 0 Å². The van der Waals surface area contributed by atoms with E-state index >= 15 is 0 Å². The zero-order valence-electron chi connectivity index (χ0n) is 22.1. The number of phenols is 2. The van der Waals surface area contributed by atoms with Crippen LogP contribution in [0.1, 0.15) is 0 Å². The molecule has 0 amide bonds. The number of phenolic OH excluding ortho intramolecular Hbond substituents is 2. The van der Waals surface area contributed by atoms with Gasteiger partial charge in [-0.15, -0.1) is 0 Å². The van der Waals surface area contributed by atoms with Crippen LogP contribution in [-0.2, 0) is 23.8 Å². The summed E-state index contributed by atoms with van der Waals surface area (Å²) in [4.78, 5) is 36.0. The third kappa shape index (κ3) is 5.77. The van der Waals surface area contributed by atoms with Gasteiger partial charge in [-0.25, -0.2) is 9.59 Å². The molecule has 5 rings (SSSR count). The lowest BCUT2D eigenvalue weighted by atomic mass is 9.97. The fourth-order valence-electron chi connectivity index (χ4n) is 4.81. The zero-order valence-corrected chi connectivity index (χ0v) is 22.1. The first kappa shape index (κ1) is 31.1. The number of ether oxygens (including phenoxy) is 4. The van der Waals surface area contributed by atoms with Crippen molar-refractivity contribution in [3.63, 3.8) is 0 Å².